The van der Waals surface area contributed by atoms with Gasteiger partial charge in [0, 0.05) is 12.2 Å². The largest absolute Gasteiger partial charge is 0.469 e. The van der Waals surface area contributed by atoms with Crippen LogP contribution in [-0.2, 0) is 11.2 Å². The number of para-hydroxylation sites is 1. The molecule has 7 heteroatoms. The summed E-state index contributed by atoms with van der Waals surface area (Å²) in [5.74, 6) is 1.45. The number of benzene rings is 1. The minimum atomic E-state index is 0.0522. The quantitative estimate of drug-likeness (QED) is 0.664. The van der Waals surface area contributed by atoms with Crippen molar-refractivity contribution >= 4 is 23.4 Å². The lowest BCUT2D eigenvalue weighted by Gasteiger charge is -2.29. The zero-order valence-corrected chi connectivity index (χ0v) is 14.6. The van der Waals surface area contributed by atoms with Gasteiger partial charge in [0.25, 0.3) is 11.1 Å². The first-order valence-electron chi connectivity index (χ1n) is 8.11. The zero-order valence-electron chi connectivity index (χ0n) is 13.8. The molecule has 0 spiro atoms. The summed E-state index contributed by atoms with van der Waals surface area (Å²) in [6.07, 6.45) is 3.58. The van der Waals surface area contributed by atoms with Crippen LogP contribution in [-0.4, -0.2) is 28.4 Å². The molecule has 1 aliphatic rings. The van der Waals surface area contributed by atoms with E-state index in [0.717, 1.165) is 36.4 Å². The smallest absolute Gasteiger partial charge is 0.277 e. The maximum Gasteiger partial charge on any atom is 0.277 e. The van der Waals surface area contributed by atoms with E-state index in [4.69, 9.17) is 8.83 Å². The molecular weight excluding hydrogens is 338 g/mol. The Morgan fingerprint density at radius 3 is 3.00 bits per heavy atom. The lowest BCUT2D eigenvalue weighted by molar-refractivity contribution is -0.116. The Hall–Kier alpha value is -2.54. The molecule has 0 bridgehead atoms. The Morgan fingerprint density at radius 1 is 1.28 bits per heavy atom. The van der Waals surface area contributed by atoms with E-state index in [2.05, 4.69) is 16.3 Å². The van der Waals surface area contributed by atoms with E-state index in [1.165, 1.54) is 17.3 Å². The van der Waals surface area contributed by atoms with Crippen molar-refractivity contribution in [1.29, 1.82) is 0 Å². The second kappa shape index (κ2) is 6.76. The topological polar surface area (TPSA) is 72.4 Å². The van der Waals surface area contributed by atoms with Crippen LogP contribution in [0, 0.1) is 6.92 Å². The monoisotopic (exact) mass is 355 g/mol. The number of hydrogen-bond acceptors (Lipinski definition) is 6. The Balaban J connectivity index is 1.43. The second-order valence-electron chi connectivity index (χ2n) is 5.83. The Bertz CT molecular complexity index is 902. The number of rotatable bonds is 4. The molecule has 0 N–H and O–H groups in total. The van der Waals surface area contributed by atoms with Crippen LogP contribution in [0.4, 0.5) is 5.69 Å². The molecule has 1 aromatic carbocycles. The van der Waals surface area contributed by atoms with Gasteiger partial charge in [-0.1, -0.05) is 30.0 Å². The maximum absolute atomic E-state index is 12.6. The van der Waals surface area contributed by atoms with E-state index < -0.39 is 0 Å². The third-order valence-corrected chi connectivity index (χ3v) is 5.03. The predicted molar refractivity (Wildman–Crippen MR) is 94.6 cm³/mol. The van der Waals surface area contributed by atoms with Crippen molar-refractivity contribution < 1.29 is 13.6 Å². The van der Waals surface area contributed by atoms with Crippen LogP contribution >= 0.6 is 11.8 Å². The predicted octanol–water partition coefficient (Wildman–Crippen LogP) is 3.71. The summed E-state index contributed by atoms with van der Waals surface area (Å²) in [7, 11) is 0. The maximum atomic E-state index is 12.6. The fourth-order valence-corrected chi connectivity index (χ4v) is 3.62. The number of fused-ring (bicyclic) bond motifs is 1. The SMILES string of the molecule is Cc1occc1-c1nnc(SCC(=O)N2CCCc3ccccc32)o1. The highest BCUT2D eigenvalue weighted by Gasteiger charge is 2.23. The van der Waals surface area contributed by atoms with E-state index in [1.807, 2.05) is 30.0 Å². The number of amides is 1. The molecule has 0 fully saturated rings. The molecule has 1 amide bonds. The average Bonchev–Trinajstić information content (AvgIpc) is 3.27. The average molecular weight is 355 g/mol. The molecule has 0 atom stereocenters. The van der Waals surface area contributed by atoms with Gasteiger partial charge in [0.05, 0.1) is 17.6 Å². The number of carbonyl (C=O) groups is 1. The first-order valence-corrected chi connectivity index (χ1v) is 9.10. The van der Waals surface area contributed by atoms with E-state index in [0.29, 0.717) is 11.1 Å². The first kappa shape index (κ1) is 16.0. The summed E-state index contributed by atoms with van der Waals surface area (Å²) in [6.45, 7) is 2.59. The molecule has 0 radical (unpaired) electrons. The van der Waals surface area contributed by atoms with Crippen LogP contribution in [0.5, 0.6) is 0 Å². The molecule has 0 aliphatic carbocycles. The summed E-state index contributed by atoms with van der Waals surface area (Å²) in [5.41, 5.74) is 3.01. The molecule has 128 valence electrons. The molecule has 2 aromatic heterocycles. The van der Waals surface area contributed by atoms with Crippen molar-refractivity contribution in [1.82, 2.24) is 10.2 Å². The first-order chi connectivity index (χ1) is 12.2. The molecule has 0 unspecified atom stereocenters. The standard InChI is InChI=1S/C18H17N3O3S/c1-12-14(8-10-23-12)17-19-20-18(24-17)25-11-16(22)21-9-4-6-13-5-2-3-7-15(13)21/h2-3,5,7-8,10H,4,6,9,11H2,1H3. The Morgan fingerprint density at radius 2 is 2.16 bits per heavy atom. The number of carbonyl (C=O) groups excluding carboxylic acids is 1. The van der Waals surface area contributed by atoms with Gasteiger partial charge in [-0.15, -0.1) is 10.2 Å². The highest BCUT2D eigenvalue weighted by Crippen LogP contribution is 2.29. The third kappa shape index (κ3) is 3.19. The van der Waals surface area contributed by atoms with Crippen LogP contribution in [0.2, 0.25) is 0 Å². The lowest BCUT2D eigenvalue weighted by atomic mass is 10.0. The molecule has 1 aliphatic heterocycles. The van der Waals surface area contributed by atoms with Gasteiger partial charge in [0.15, 0.2) is 0 Å². The number of aryl methyl sites for hydroxylation is 2. The van der Waals surface area contributed by atoms with Crippen molar-refractivity contribution in [2.45, 2.75) is 25.0 Å². The van der Waals surface area contributed by atoms with Gasteiger partial charge in [-0.05, 0) is 37.5 Å². The summed E-state index contributed by atoms with van der Waals surface area (Å²) >= 11 is 1.26. The van der Waals surface area contributed by atoms with E-state index in [9.17, 15) is 4.79 Å². The molecule has 25 heavy (non-hydrogen) atoms. The van der Waals surface area contributed by atoms with Gasteiger partial charge in [-0.3, -0.25) is 4.79 Å². The molecule has 0 saturated heterocycles. The minimum Gasteiger partial charge on any atom is -0.469 e. The fourth-order valence-electron chi connectivity index (χ4n) is 2.98. The van der Waals surface area contributed by atoms with Crippen LogP contribution < -0.4 is 4.90 Å². The number of furan rings is 1. The van der Waals surface area contributed by atoms with E-state index in [1.54, 1.807) is 12.3 Å². The Kier molecular flexibility index (Phi) is 4.31. The van der Waals surface area contributed by atoms with Gasteiger partial charge in [0.1, 0.15) is 5.76 Å². The molecule has 3 aromatic rings. The summed E-state index contributed by atoms with van der Waals surface area (Å²) < 4.78 is 10.9. The van der Waals surface area contributed by atoms with Crippen molar-refractivity contribution in [3.63, 3.8) is 0 Å². The molecular formula is C18H17N3O3S. The molecule has 3 heterocycles. The lowest BCUT2D eigenvalue weighted by Crippen LogP contribution is -2.36. The van der Waals surface area contributed by atoms with Crippen molar-refractivity contribution in [2.24, 2.45) is 0 Å². The van der Waals surface area contributed by atoms with Crippen molar-refractivity contribution in [3.05, 3.63) is 47.9 Å². The van der Waals surface area contributed by atoms with Crippen molar-refractivity contribution in [2.75, 3.05) is 17.2 Å². The van der Waals surface area contributed by atoms with Crippen LogP contribution in [0.15, 0.2) is 50.7 Å². The van der Waals surface area contributed by atoms with Crippen LogP contribution in [0.3, 0.4) is 0 Å². The third-order valence-electron chi connectivity index (χ3n) is 4.23. The van der Waals surface area contributed by atoms with Gasteiger partial charge < -0.3 is 13.7 Å². The summed E-state index contributed by atoms with van der Waals surface area (Å²) in [6, 6.07) is 9.85. The van der Waals surface area contributed by atoms with E-state index >= 15 is 0 Å². The number of hydrogen-bond donors (Lipinski definition) is 0. The molecule has 0 saturated carbocycles. The molecule has 6 nitrogen and oxygen atoms in total. The number of anilines is 1. The van der Waals surface area contributed by atoms with Crippen LogP contribution in [0.25, 0.3) is 11.5 Å². The zero-order chi connectivity index (χ0) is 17.2. The van der Waals surface area contributed by atoms with Crippen molar-refractivity contribution in [3.8, 4) is 11.5 Å². The highest BCUT2D eigenvalue weighted by atomic mass is 32.2. The second-order valence-corrected chi connectivity index (χ2v) is 6.76. The number of aromatic nitrogens is 2. The van der Waals surface area contributed by atoms with Gasteiger partial charge >= 0.3 is 0 Å². The highest BCUT2D eigenvalue weighted by molar-refractivity contribution is 7.99. The fraction of sp³-hybridized carbons (Fsp3) is 0.278. The van der Waals surface area contributed by atoms with E-state index in [-0.39, 0.29) is 11.7 Å². The normalized spacial score (nSPS) is 13.7. The number of nitrogens with zero attached hydrogens (tertiary/aromatic N) is 3. The number of thioether (sulfide) groups is 1. The van der Waals surface area contributed by atoms with Gasteiger partial charge in [-0.2, -0.15) is 0 Å². The molecule has 4 rings (SSSR count). The van der Waals surface area contributed by atoms with Gasteiger partial charge in [0.2, 0.25) is 5.91 Å². The summed E-state index contributed by atoms with van der Waals surface area (Å²) in [4.78, 5) is 14.5. The minimum absolute atomic E-state index is 0.0522. The van der Waals surface area contributed by atoms with Crippen LogP contribution in [0.1, 0.15) is 17.7 Å². The Labute approximate surface area is 149 Å². The van der Waals surface area contributed by atoms with Gasteiger partial charge in [-0.25, -0.2) is 0 Å². The summed E-state index contributed by atoms with van der Waals surface area (Å²) in [5, 5.41) is 8.42.